The molecule has 1 aromatic rings. The molecular weight excluding hydrogens is 154 g/mol. The average Bonchev–Trinajstić information content (AvgIpc) is 2.52. The number of hydrogen-bond acceptors (Lipinski definition) is 3. The molecule has 1 aromatic heterocycles. The first kappa shape index (κ1) is 8.90. The first-order valence-electron chi connectivity index (χ1n) is 3.96. The second-order valence-electron chi connectivity index (χ2n) is 3.24. The molecule has 0 aliphatic heterocycles. The van der Waals surface area contributed by atoms with Gasteiger partial charge in [0.25, 0.3) is 0 Å². The van der Waals surface area contributed by atoms with Crippen LogP contribution in [0.15, 0.2) is 6.33 Å². The van der Waals surface area contributed by atoms with Gasteiger partial charge in [0.15, 0.2) is 0 Å². The molecule has 4 heteroatoms. The van der Waals surface area contributed by atoms with E-state index in [1.807, 2.05) is 20.8 Å². The lowest BCUT2D eigenvalue weighted by molar-refractivity contribution is -0.111. The Labute approximate surface area is 71.6 Å². The highest BCUT2D eigenvalue weighted by molar-refractivity contribution is 5.64. The summed E-state index contributed by atoms with van der Waals surface area (Å²) in [6.07, 6.45) is 2.37. The molecule has 0 spiro atoms. The molecule has 0 saturated heterocycles. The van der Waals surface area contributed by atoms with Crippen molar-refractivity contribution in [2.24, 2.45) is 0 Å². The van der Waals surface area contributed by atoms with Crippen LogP contribution in [0.3, 0.4) is 0 Å². The highest BCUT2D eigenvalue weighted by Gasteiger charge is 2.25. The van der Waals surface area contributed by atoms with E-state index in [1.165, 1.54) is 6.33 Å². The molecule has 0 fully saturated rings. The van der Waals surface area contributed by atoms with Crippen LogP contribution in [-0.4, -0.2) is 21.1 Å². The highest BCUT2D eigenvalue weighted by atomic mass is 16.1. The maximum atomic E-state index is 10.7. The molecule has 66 valence electrons. The van der Waals surface area contributed by atoms with Gasteiger partial charge < -0.3 is 4.79 Å². The van der Waals surface area contributed by atoms with Gasteiger partial charge >= 0.3 is 0 Å². The molecule has 0 bridgehead atoms. The van der Waals surface area contributed by atoms with Crippen molar-refractivity contribution in [1.82, 2.24) is 14.8 Å². The van der Waals surface area contributed by atoms with E-state index in [4.69, 9.17) is 0 Å². The van der Waals surface area contributed by atoms with E-state index in [1.54, 1.807) is 4.68 Å². The van der Waals surface area contributed by atoms with Crippen molar-refractivity contribution < 1.29 is 4.79 Å². The van der Waals surface area contributed by atoms with Gasteiger partial charge in [-0.2, -0.15) is 5.10 Å². The molecule has 0 aliphatic rings. The molecule has 0 unspecified atom stereocenters. The monoisotopic (exact) mass is 167 g/mol. The quantitative estimate of drug-likeness (QED) is 0.625. The number of aldehydes is 1. The fraction of sp³-hybridized carbons (Fsp3) is 0.625. The van der Waals surface area contributed by atoms with Crippen molar-refractivity contribution in [2.75, 3.05) is 0 Å². The summed E-state index contributed by atoms with van der Waals surface area (Å²) in [4.78, 5) is 14.8. The third-order valence-electron chi connectivity index (χ3n) is 1.79. The number of aromatic nitrogens is 3. The van der Waals surface area contributed by atoms with E-state index in [9.17, 15) is 4.79 Å². The second-order valence-corrected chi connectivity index (χ2v) is 3.24. The molecule has 1 heterocycles. The van der Waals surface area contributed by atoms with E-state index in [0.29, 0.717) is 0 Å². The molecule has 0 saturated carbocycles. The predicted octanol–water partition coefficient (Wildman–Crippen LogP) is 0.774. The lowest BCUT2D eigenvalue weighted by Gasteiger charge is -2.15. The summed E-state index contributed by atoms with van der Waals surface area (Å²) in [5.74, 6) is 0.722. The van der Waals surface area contributed by atoms with Gasteiger partial charge in [-0.3, -0.25) is 0 Å². The smallest absolute Gasteiger partial charge is 0.139 e. The summed E-state index contributed by atoms with van der Waals surface area (Å²) in [6.45, 7) is 6.37. The lowest BCUT2D eigenvalue weighted by Crippen LogP contribution is -2.24. The number of rotatable bonds is 3. The molecule has 12 heavy (non-hydrogen) atoms. The van der Waals surface area contributed by atoms with Crippen LogP contribution >= 0.6 is 0 Å². The largest absolute Gasteiger partial charge is 0.302 e. The third-order valence-corrected chi connectivity index (χ3v) is 1.79. The fourth-order valence-corrected chi connectivity index (χ4v) is 1.05. The Balaban J connectivity index is 3.08. The molecule has 0 atom stereocenters. The number of nitrogens with zero attached hydrogens (tertiary/aromatic N) is 3. The van der Waals surface area contributed by atoms with Crippen LogP contribution in [0.2, 0.25) is 0 Å². The van der Waals surface area contributed by atoms with Crippen molar-refractivity contribution >= 4 is 6.29 Å². The van der Waals surface area contributed by atoms with Gasteiger partial charge in [0, 0.05) is 6.54 Å². The van der Waals surface area contributed by atoms with Crippen LogP contribution < -0.4 is 0 Å². The lowest BCUT2D eigenvalue weighted by atomic mass is 9.95. The van der Waals surface area contributed by atoms with Crippen molar-refractivity contribution in [3.63, 3.8) is 0 Å². The molecule has 4 nitrogen and oxygen atoms in total. The Morgan fingerprint density at radius 3 is 2.83 bits per heavy atom. The molecule has 0 aliphatic carbocycles. The van der Waals surface area contributed by atoms with E-state index in [2.05, 4.69) is 10.1 Å². The van der Waals surface area contributed by atoms with E-state index >= 15 is 0 Å². The normalized spacial score (nSPS) is 11.6. The van der Waals surface area contributed by atoms with Crippen LogP contribution in [0.5, 0.6) is 0 Å². The van der Waals surface area contributed by atoms with Gasteiger partial charge in [-0.1, -0.05) is 0 Å². The van der Waals surface area contributed by atoms with Crippen LogP contribution in [-0.2, 0) is 16.8 Å². The number of carbonyl (C=O) groups is 1. The summed E-state index contributed by atoms with van der Waals surface area (Å²) < 4.78 is 1.73. The minimum absolute atomic E-state index is 0.535. The SMILES string of the molecule is CCn1ncnc1C(C)(C)C=O. The van der Waals surface area contributed by atoms with Crippen molar-refractivity contribution in [3.8, 4) is 0 Å². The molecule has 0 amide bonds. The zero-order valence-electron chi connectivity index (χ0n) is 7.61. The zero-order chi connectivity index (χ0) is 9.19. The van der Waals surface area contributed by atoms with E-state index in [0.717, 1.165) is 18.7 Å². The summed E-state index contributed by atoms with van der Waals surface area (Å²) in [6, 6.07) is 0. The Hall–Kier alpha value is -1.19. The van der Waals surface area contributed by atoms with Crippen LogP contribution in [0.1, 0.15) is 26.6 Å². The topological polar surface area (TPSA) is 47.8 Å². The number of carbonyl (C=O) groups excluding carboxylic acids is 1. The predicted molar refractivity (Wildman–Crippen MR) is 44.8 cm³/mol. The van der Waals surface area contributed by atoms with Crippen molar-refractivity contribution in [2.45, 2.75) is 32.7 Å². The Morgan fingerprint density at radius 1 is 1.67 bits per heavy atom. The minimum Gasteiger partial charge on any atom is -0.302 e. The molecule has 0 N–H and O–H groups in total. The van der Waals surface area contributed by atoms with Crippen molar-refractivity contribution in [1.29, 1.82) is 0 Å². The van der Waals surface area contributed by atoms with Gasteiger partial charge in [-0.15, -0.1) is 0 Å². The Kier molecular flexibility index (Phi) is 2.26. The van der Waals surface area contributed by atoms with E-state index in [-0.39, 0.29) is 0 Å². The maximum Gasteiger partial charge on any atom is 0.139 e. The molecule has 1 rings (SSSR count). The van der Waals surface area contributed by atoms with E-state index < -0.39 is 5.41 Å². The molecule has 0 radical (unpaired) electrons. The standard InChI is InChI=1S/C8H13N3O/c1-4-11-7(9-6-10-11)8(2,3)5-12/h5-6H,4H2,1-3H3. The first-order chi connectivity index (χ1) is 5.61. The third kappa shape index (κ3) is 1.37. The van der Waals surface area contributed by atoms with Crippen molar-refractivity contribution in [3.05, 3.63) is 12.2 Å². The maximum absolute atomic E-state index is 10.7. The summed E-state index contributed by atoms with van der Waals surface area (Å²) in [5, 5.41) is 4.00. The number of hydrogen-bond donors (Lipinski definition) is 0. The van der Waals surface area contributed by atoms with Gasteiger partial charge in [0.2, 0.25) is 0 Å². The molecular formula is C8H13N3O. The summed E-state index contributed by atoms with van der Waals surface area (Å²) in [5.41, 5.74) is -0.535. The van der Waals surface area contributed by atoms with Gasteiger partial charge in [-0.05, 0) is 20.8 Å². The second kappa shape index (κ2) is 3.05. The first-order valence-corrected chi connectivity index (χ1v) is 3.96. The number of aryl methyl sites for hydroxylation is 1. The van der Waals surface area contributed by atoms with Gasteiger partial charge in [-0.25, -0.2) is 9.67 Å². The van der Waals surface area contributed by atoms with Crippen LogP contribution in [0.25, 0.3) is 0 Å². The Bertz CT molecular complexity index is 278. The highest BCUT2D eigenvalue weighted by Crippen LogP contribution is 2.16. The van der Waals surface area contributed by atoms with Gasteiger partial charge in [0.1, 0.15) is 18.4 Å². The van der Waals surface area contributed by atoms with Crippen LogP contribution in [0.4, 0.5) is 0 Å². The summed E-state index contributed by atoms with van der Waals surface area (Å²) >= 11 is 0. The molecule has 0 aromatic carbocycles. The Morgan fingerprint density at radius 2 is 2.33 bits per heavy atom. The average molecular weight is 167 g/mol. The van der Waals surface area contributed by atoms with Crippen LogP contribution in [0, 0.1) is 0 Å². The van der Waals surface area contributed by atoms with Gasteiger partial charge in [0.05, 0.1) is 5.41 Å². The minimum atomic E-state index is -0.535. The zero-order valence-corrected chi connectivity index (χ0v) is 7.61. The summed E-state index contributed by atoms with van der Waals surface area (Å²) in [7, 11) is 0. The fourth-order valence-electron chi connectivity index (χ4n) is 1.05.